The highest BCUT2D eigenvalue weighted by Crippen LogP contribution is 2.16. The van der Waals surface area contributed by atoms with Crippen molar-refractivity contribution in [3.05, 3.63) is 66.2 Å². The van der Waals surface area contributed by atoms with Crippen molar-refractivity contribution in [3.8, 4) is 5.75 Å². The Morgan fingerprint density at radius 3 is 2.22 bits per heavy atom. The molecule has 2 N–H and O–H groups in total. The average Bonchev–Trinajstić information content (AvgIpc) is 2.57. The van der Waals surface area contributed by atoms with E-state index in [1.807, 2.05) is 60.7 Å². The molecule has 1 atom stereocenters. The van der Waals surface area contributed by atoms with Crippen molar-refractivity contribution in [1.29, 1.82) is 0 Å². The van der Waals surface area contributed by atoms with Crippen LogP contribution in [-0.2, 0) is 4.79 Å². The topological polar surface area (TPSA) is 55.6 Å². The number of carbonyl (C=O) groups is 1. The number of hydrogen-bond donors (Lipinski definition) is 1. The van der Waals surface area contributed by atoms with Gasteiger partial charge in [-0.05, 0) is 17.7 Å². The van der Waals surface area contributed by atoms with E-state index < -0.39 is 0 Å². The fraction of sp³-hybridized carbons (Fsp3) is 0.278. The van der Waals surface area contributed by atoms with Gasteiger partial charge in [-0.3, -0.25) is 4.79 Å². The SMILES string of the molecule is CN(CCOc1ccccc1)C(=O)C(CN)c1ccccc1.Cl. The molecular weight excluding hydrogens is 312 g/mol. The van der Waals surface area contributed by atoms with E-state index >= 15 is 0 Å². The molecule has 1 unspecified atom stereocenters. The molecule has 1 amide bonds. The molecule has 2 rings (SSSR count). The van der Waals surface area contributed by atoms with Gasteiger partial charge in [-0.2, -0.15) is 0 Å². The molecule has 0 aliphatic carbocycles. The van der Waals surface area contributed by atoms with E-state index in [4.69, 9.17) is 10.5 Å². The lowest BCUT2D eigenvalue weighted by Crippen LogP contribution is -2.37. The number of nitrogens with zero attached hydrogens (tertiary/aromatic N) is 1. The minimum Gasteiger partial charge on any atom is -0.492 e. The Bertz CT molecular complexity index is 578. The maximum Gasteiger partial charge on any atom is 0.231 e. The Morgan fingerprint density at radius 2 is 1.65 bits per heavy atom. The minimum atomic E-state index is -0.303. The van der Waals surface area contributed by atoms with Gasteiger partial charge in [0.05, 0.1) is 12.5 Å². The molecule has 0 saturated heterocycles. The number of ether oxygens (including phenoxy) is 1. The molecular formula is C18H23ClN2O2. The van der Waals surface area contributed by atoms with Crippen molar-refractivity contribution in [1.82, 2.24) is 4.90 Å². The Balaban J connectivity index is 0.00000264. The van der Waals surface area contributed by atoms with Crippen LogP contribution in [0.1, 0.15) is 11.5 Å². The summed E-state index contributed by atoms with van der Waals surface area (Å²) >= 11 is 0. The Morgan fingerprint density at radius 1 is 1.09 bits per heavy atom. The summed E-state index contributed by atoms with van der Waals surface area (Å²) in [5.74, 6) is 0.523. The predicted octanol–water partition coefficient (Wildman–Crippen LogP) is 2.69. The summed E-state index contributed by atoms with van der Waals surface area (Å²) in [6.07, 6.45) is 0. The molecule has 0 fully saturated rings. The van der Waals surface area contributed by atoms with Crippen LogP contribution in [0.2, 0.25) is 0 Å². The van der Waals surface area contributed by atoms with Crippen LogP contribution < -0.4 is 10.5 Å². The lowest BCUT2D eigenvalue weighted by Gasteiger charge is -2.23. The lowest BCUT2D eigenvalue weighted by molar-refractivity contribution is -0.131. The van der Waals surface area contributed by atoms with Gasteiger partial charge in [-0.25, -0.2) is 0 Å². The number of nitrogens with two attached hydrogens (primary N) is 1. The zero-order chi connectivity index (χ0) is 15.8. The normalized spacial score (nSPS) is 11.2. The number of halogens is 1. The standard InChI is InChI=1S/C18H22N2O2.ClH/c1-20(12-13-22-16-10-6-3-7-11-16)18(21)17(14-19)15-8-4-2-5-9-15;/h2-11,17H,12-14,19H2,1H3;1H. The number of benzene rings is 2. The molecule has 0 aliphatic rings. The summed E-state index contributed by atoms with van der Waals surface area (Å²) in [4.78, 5) is 14.2. The first-order chi connectivity index (χ1) is 10.7. The van der Waals surface area contributed by atoms with Gasteiger partial charge in [-0.15, -0.1) is 12.4 Å². The van der Waals surface area contributed by atoms with Crippen molar-refractivity contribution in [2.24, 2.45) is 5.73 Å². The van der Waals surface area contributed by atoms with E-state index in [1.165, 1.54) is 0 Å². The third-order valence-corrected chi connectivity index (χ3v) is 3.55. The quantitative estimate of drug-likeness (QED) is 0.847. The summed E-state index contributed by atoms with van der Waals surface area (Å²) in [7, 11) is 1.78. The van der Waals surface area contributed by atoms with E-state index in [1.54, 1.807) is 11.9 Å². The summed E-state index contributed by atoms with van der Waals surface area (Å²) in [5.41, 5.74) is 6.73. The van der Waals surface area contributed by atoms with Gasteiger partial charge < -0.3 is 15.4 Å². The fourth-order valence-corrected chi connectivity index (χ4v) is 2.26. The van der Waals surface area contributed by atoms with Crippen molar-refractivity contribution < 1.29 is 9.53 Å². The Hall–Kier alpha value is -2.04. The molecule has 0 bridgehead atoms. The van der Waals surface area contributed by atoms with Gasteiger partial charge in [0, 0.05) is 13.6 Å². The summed E-state index contributed by atoms with van der Waals surface area (Å²) in [6, 6.07) is 19.2. The van der Waals surface area contributed by atoms with Gasteiger partial charge in [0.25, 0.3) is 0 Å². The molecule has 0 aromatic heterocycles. The number of amides is 1. The first-order valence-electron chi connectivity index (χ1n) is 7.40. The molecule has 2 aromatic rings. The number of para-hydroxylation sites is 1. The fourth-order valence-electron chi connectivity index (χ4n) is 2.26. The van der Waals surface area contributed by atoms with Gasteiger partial charge in [0.2, 0.25) is 5.91 Å². The first kappa shape index (κ1) is 19.0. The number of carbonyl (C=O) groups excluding carboxylic acids is 1. The highest BCUT2D eigenvalue weighted by atomic mass is 35.5. The number of hydrogen-bond acceptors (Lipinski definition) is 3. The van der Waals surface area contributed by atoms with Crippen LogP contribution in [0.4, 0.5) is 0 Å². The zero-order valence-corrected chi connectivity index (χ0v) is 14.0. The molecule has 5 heteroatoms. The monoisotopic (exact) mass is 334 g/mol. The molecule has 0 radical (unpaired) electrons. The Labute approximate surface area is 143 Å². The van der Waals surface area contributed by atoms with Crippen LogP contribution >= 0.6 is 12.4 Å². The van der Waals surface area contributed by atoms with Crippen molar-refractivity contribution >= 4 is 18.3 Å². The summed E-state index contributed by atoms with van der Waals surface area (Å²) in [5, 5.41) is 0. The highest BCUT2D eigenvalue weighted by molar-refractivity contribution is 5.85. The second kappa shape index (κ2) is 9.87. The minimum absolute atomic E-state index is 0. The molecule has 124 valence electrons. The zero-order valence-electron chi connectivity index (χ0n) is 13.2. The maximum absolute atomic E-state index is 12.5. The number of rotatable bonds is 7. The van der Waals surface area contributed by atoms with E-state index in [0.717, 1.165) is 11.3 Å². The lowest BCUT2D eigenvalue weighted by atomic mass is 9.98. The van der Waals surface area contributed by atoms with Crippen LogP contribution in [0.5, 0.6) is 5.75 Å². The molecule has 2 aromatic carbocycles. The summed E-state index contributed by atoms with van der Waals surface area (Å²) < 4.78 is 5.62. The Kier molecular flexibility index (Phi) is 8.16. The maximum atomic E-state index is 12.5. The molecule has 4 nitrogen and oxygen atoms in total. The van der Waals surface area contributed by atoms with E-state index in [-0.39, 0.29) is 24.2 Å². The van der Waals surface area contributed by atoms with Crippen LogP contribution in [0.25, 0.3) is 0 Å². The van der Waals surface area contributed by atoms with Crippen LogP contribution in [0.15, 0.2) is 60.7 Å². The van der Waals surface area contributed by atoms with Crippen molar-refractivity contribution in [2.75, 3.05) is 26.7 Å². The van der Waals surface area contributed by atoms with E-state index in [9.17, 15) is 4.79 Å². The molecule has 0 heterocycles. The third-order valence-electron chi connectivity index (χ3n) is 3.55. The number of likely N-dealkylation sites (N-methyl/N-ethyl adjacent to an activating group) is 1. The van der Waals surface area contributed by atoms with Gasteiger partial charge in [0.1, 0.15) is 12.4 Å². The molecule has 0 saturated carbocycles. The van der Waals surface area contributed by atoms with Crippen molar-refractivity contribution in [2.45, 2.75) is 5.92 Å². The van der Waals surface area contributed by atoms with Crippen LogP contribution in [-0.4, -0.2) is 37.6 Å². The van der Waals surface area contributed by atoms with Crippen LogP contribution in [0, 0.1) is 0 Å². The molecule has 0 spiro atoms. The van der Waals surface area contributed by atoms with Crippen LogP contribution in [0.3, 0.4) is 0 Å². The summed E-state index contributed by atoms with van der Waals surface area (Å²) in [6.45, 7) is 1.28. The highest BCUT2D eigenvalue weighted by Gasteiger charge is 2.22. The van der Waals surface area contributed by atoms with E-state index in [2.05, 4.69) is 0 Å². The predicted molar refractivity (Wildman–Crippen MR) is 95.1 cm³/mol. The average molecular weight is 335 g/mol. The molecule has 0 aliphatic heterocycles. The third kappa shape index (κ3) is 5.58. The van der Waals surface area contributed by atoms with Gasteiger partial charge in [0.15, 0.2) is 0 Å². The molecule has 23 heavy (non-hydrogen) atoms. The van der Waals surface area contributed by atoms with Gasteiger partial charge in [-0.1, -0.05) is 48.5 Å². The van der Waals surface area contributed by atoms with Crippen molar-refractivity contribution in [3.63, 3.8) is 0 Å². The second-order valence-electron chi connectivity index (χ2n) is 5.12. The second-order valence-corrected chi connectivity index (χ2v) is 5.12. The largest absolute Gasteiger partial charge is 0.492 e. The first-order valence-corrected chi connectivity index (χ1v) is 7.40. The van der Waals surface area contributed by atoms with E-state index in [0.29, 0.717) is 19.7 Å². The van der Waals surface area contributed by atoms with Gasteiger partial charge >= 0.3 is 0 Å². The smallest absolute Gasteiger partial charge is 0.231 e.